The summed E-state index contributed by atoms with van der Waals surface area (Å²) in [6, 6.07) is 8.83. The molecular formula is C38H34F2N6O3. The van der Waals surface area contributed by atoms with Crippen LogP contribution in [0.4, 0.5) is 14.6 Å². The SMILES string of the molecule is C#Cc1c(F)ccc2cc(O)cc(-c3c(C#N)cc4c(N5C[C@H]6CC[C@@H](C5)N6C(=O)C=C)nc(OCC56CCCN5CCC6)nc4c3F)c12. The van der Waals surface area contributed by atoms with Gasteiger partial charge in [-0.15, -0.1) is 6.42 Å². The fourth-order valence-corrected chi connectivity index (χ4v) is 8.81. The molecule has 4 aliphatic rings. The molecule has 4 aliphatic heterocycles. The van der Waals surface area contributed by atoms with Crippen molar-refractivity contribution in [1.29, 1.82) is 5.26 Å². The highest BCUT2D eigenvalue weighted by atomic mass is 19.1. The maximum absolute atomic E-state index is 17.2. The number of aromatic nitrogens is 2. The molecule has 0 saturated carbocycles. The number of fused-ring (bicyclic) bond motifs is 5. The summed E-state index contributed by atoms with van der Waals surface area (Å²) in [6.07, 6.45) is 12.8. The second-order valence-corrected chi connectivity index (χ2v) is 13.6. The molecule has 0 radical (unpaired) electrons. The highest BCUT2D eigenvalue weighted by Crippen LogP contribution is 2.44. The summed E-state index contributed by atoms with van der Waals surface area (Å²) in [5, 5.41) is 22.0. The van der Waals surface area contributed by atoms with Gasteiger partial charge < -0.3 is 19.6 Å². The van der Waals surface area contributed by atoms with E-state index in [0.717, 1.165) is 51.6 Å². The first-order chi connectivity index (χ1) is 23.7. The third kappa shape index (κ3) is 4.87. The van der Waals surface area contributed by atoms with Crippen molar-refractivity contribution in [3.63, 3.8) is 0 Å². The van der Waals surface area contributed by atoms with E-state index in [1.165, 1.54) is 36.4 Å². The van der Waals surface area contributed by atoms with Crippen LogP contribution in [0.5, 0.6) is 11.8 Å². The second kappa shape index (κ2) is 11.7. The van der Waals surface area contributed by atoms with Gasteiger partial charge in [0.1, 0.15) is 29.5 Å². The molecule has 2 bridgehead atoms. The Kier molecular flexibility index (Phi) is 7.42. The molecule has 9 nitrogen and oxygen atoms in total. The minimum absolute atomic E-state index is 0.0123. The minimum atomic E-state index is -0.841. The predicted octanol–water partition coefficient (Wildman–Crippen LogP) is 5.66. The number of phenols is 1. The van der Waals surface area contributed by atoms with Crippen molar-refractivity contribution in [1.82, 2.24) is 19.8 Å². The van der Waals surface area contributed by atoms with Crippen molar-refractivity contribution >= 4 is 33.4 Å². The fourth-order valence-electron chi connectivity index (χ4n) is 8.81. The monoisotopic (exact) mass is 660 g/mol. The number of terminal acetylenes is 1. The summed E-state index contributed by atoms with van der Waals surface area (Å²) in [6.45, 7) is 6.96. The predicted molar refractivity (Wildman–Crippen MR) is 181 cm³/mol. The van der Waals surface area contributed by atoms with E-state index in [9.17, 15) is 19.6 Å². The number of phenolic OH excluding ortho intramolecular Hbond substituents is 1. The fraction of sp³-hybridized carbons (Fsp3) is 0.368. The number of hydrogen-bond donors (Lipinski definition) is 1. The number of aromatic hydroxyl groups is 1. The van der Waals surface area contributed by atoms with E-state index < -0.39 is 11.6 Å². The van der Waals surface area contributed by atoms with Gasteiger partial charge in [-0.25, -0.2) is 8.78 Å². The first-order valence-electron chi connectivity index (χ1n) is 16.7. The lowest BCUT2D eigenvalue weighted by molar-refractivity contribution is -0.129. The van der Waals surface area contributed by atoms with Gasteiger partial charge in [-0.1, -0.05) is 18.6 Å². The smallest absolute Gasteiger partial charge is 0.319 e. The van der Waals surface area contributed by atoms with Crippen LogP contribution in [0.1, 0.15) is 49.7 Å². The van der Waals surface area contributed by atoms with Crippen LogP contribution in [0.3, 0.4) is 0 Å². The average Bonchev–Trinajstić information content (AvgIpc) is 3.77. The van der Waals surface area contributed by atoms with Gasteiger partial charge in [-0.2, -0.15) is 15.2 Å². The van der Waals surface area contributed by atoms with Crippen molar-refractivity contribution in [2.24, 2.45) is 0 Å². The standard InChI is InChI=1S/C38H34F2N6O3/c1-3-27-30(39)10-7-22-15-26(47)17-28(32(22)27)33-23(18-41)16-29-35(34(33)40)42-37(49-21-38-11-5-13-45(38)14-6-12-38)43-36(29)44-19-24-8-9-25(20-44)46(24)31(48)4-2/h1,4,7,10,15-17,24-25,47H,2,5-6,8-9,11-14,19-21H2/t24-,25+. The summed E-state index contributed by atoms with van der Waals surface area (Å²) in [7, 11) is 0. The third-order valence-electron chi connectivity index (χ3n) is 11.0. The van der Waals surface area contributed by atoms with Crippen LogP contribution in [-0.4, -0.2) is 81.2 Å². The Balaban J connectivity index is 1.32. The van der Waals surface area contributed by atoms with E-state index in [1.807, 2.05) is 9.80 Å². The van der Waals surface area contributed by atoms with E-state index in [2.05, 4.69) is 28.5 Å². The first kappa shape index (κ1) is 31.0. The topological polar surface area (TPSA) is 106 Å². The van der Waals surface area contributed by atoms with Gasteiger partial charge in [0.25, 0.3) is 0 Å². The Bertz CT molecular complexity index is 2130. The molecule has 3 aromatic carbocycles. The minimum Gasteiger partial charge on any atom is -0.508 e. The van der Waals surface area contributed by atoms with Crippen molar-refractivity contribution in [3.8, 4) is 41.3 Å². The van der Waals surface area contributed by atoms with Crippen LogP contribution in [0, 0.1) is 35.3 Å². The molecule has 0 unspecified atom stereocenters. The van der Waals surface area contributed by atoms with Gasteiger partial charge in [-0.3, -0.25) is 9.69 Å². The Morgan fingerprint density at radius 3 is 2.55 bits per heavy atom. The largest absolute Gasteiger partial charge is 0.508 e. The average molecular weight is 661 g/mol. The normalized spacial score (nSPS) is 21.1. The zero-order valence-electron chi connectivity index (χ0n) is 26.9. The number of nitriles is 1. The number of anilines is 1. The van der Waals surface area contributed by atoms with Crippen LogP contribution in [0.15, 0.2) is 43.0 Å². The van der Waals surface area contributed by atoms with Crippen molar-refractivity contribution in [3.05, 3.63) is 65.7 Å². The zero-order valence-corrected chi connectivity index (χ0v) is 26.9. The van der Waals surface area contributed by atoms with Crippen LogP contribution < -0.4 is 9.64 Å². The van der Waals surface area contributed by atoms with Crippen molar-refractivity contribution < 1.29 is 23.4 Å². The van der Waals surface area contributed by atoms with Crippen LogP contribution in [0.25, 0.3) is 32.8 Å². The maximum atomic E-state index is 17.2. The molecule has 8 rings (SSSR count). The van der Waals surface area contributed by atoms with E-state index in [0.29, 0.717) is 36.3 Å². The number of nitrogens with zero attached hydrogens (tertiary/aromatic N) is 6. The van der Waals surface area contributed by atoms with E-state index in [4.69, 9.17) is 16.1 Å². The van der Waals surface area contributed by atoms with Gasteiger partial charge in [-0.05, 0) is 92.9 Å². The molecule has 1 aromatic heterocycles. The summed E-state index contributed by atoms with van der Waals surface area (Å²) < 4.78 is 38.6. The lowest BCUT2D eigenvalue weighted by atomic mass is 9.90. The van der Waals surface area contributed by atoms with Crippen LogP contribution in [0.2, 0.25) is 0 Å². The molecule has 1 N–H and O–H groups in total. The number of ether oxygens (including phenoxy) is 1. The number of benzene rings is 3. The molecule has 1 amide bonds. The molecule has 11 heteroatoms. The molecule has 4 fully saturated rings. The lowest BCUT2D eigenvalue weighted by Gasteiger charge is -2.41. The Hall–Kier alpha value is -5.26. The maximum Gasteiger partial charge on any atom is 0.319 e. The molecular weight excluding hydrogens is 626 g/mol. The highest BCUT2D eigenvalue weighted by molar-refractivity contribution is 6.05. The zero-order chi connectivity index (χ0) is 34.0. The van der Waals surface area contributed by atoms with Gasteiger partial charge in [0.15, 0.2) is 5.82 Å². The Labute approximate surface area is 282 Å². The van der Waals surface area contributed by atoms with Crippen molar-refractivity contribution in [2.75, 3.05) is 37.7 Å². The van der Waals surface area contributed by atoms with Crippen LogP contribution in [-0.2, 0) is 4.79 Å². The molecule has 49 heavy (non-hydrogen) atoms. The quantitative estimate of drug-likeness (QED) is 0.209. The van der Waals surface area contributed by atoms with Gasteiger partial charge >= 0.3 is 6.01 Å². The molecule has 248 valence electrons. The molecule has 2 atom stereocenters. The summed E-state index contributed by atoms with van der Waals surface area (Å²) in [4.78, 5) is 28.6. The van der Waals surface area contributed by atoms with Crippen LogP contribution >= 0.6 is 0 Å². The lowest BCUT2D eigenvalue weighted by Crippen LogP contribution is -2.55. The summed E-state index contributed by atoms with van der Waals surface area (Å²) in [5.74, 6) is 0.926. The summed E-state index contributed by atoms with van der Waals surface area (Å²) >= 11 is 0. The molecule has 4 saturated heterocycles. The third-order valence-corrected chi connectivity index (χ3v) is 11.0. The number of carbonyl (C=O) groups is 1. The number of halogens is 2. The number of rotatable bonds is 6. The van der Waals surface area contributed by atoms with Crippen molar-refractivity contribution in [2.45, 2.75) is 56.1 Å². The molecule has 5 heterocycles. The van der Waals surface area contributed by atoms with E-state index in [-0.39, 0.29) is 68.4 Å². The second-order valence-electron chi connectivity index (χ2n) is 13.6. The summed E-state index contributed by atoms with van der Waals surface area (Å²) in [5.41, 5.74) is -0.444. The van der Waals surface area contributed by atoms with E-state index in [1.54, 1.807) is 0 Å². The van der Waals surface area contributed by atoms with Gasteiger partial charge in [0.05, 0.1) is 22.7 Å². The first-order valence-corrected chi connectivity index (χ1v) is 16.7. The number of amides is 1. The highest BCUT2D eigenvalue weighted by Gasteiger charge is 2.46. The Morgan fingerprint density at radius 1 is 1.14 bits per heavy atom. The van der Waals surface area contributed by atoms with Gasteiger partial charge in [0, 0.05) is 41.5 Å². The Morgan fingerprint density at radius 2 is 1.88 bits per heavy atom. The van der Waals surface area contributed by atoms with Gasteiger partial charge in [0.2, 0.25) is 5.91 Å². The molecule has 4 aromatic rings. The molecule has 0 aliphatic carbocycles. The number of carbonyl (C=O) groups excluding carboxylic acids is 1. The number of piperazine rings is 1. The molecule has 0 spiro atoms. The van der Waals surface area contributed by atoms with E-state index >= 15 is 4.39 Å². The number of hydrogen-bond acceptors (Lipinski definition) is 8.